The molecule has 3 saturated heterocycles. The minimum Gasteiger partial charge on any atom is -0.492 e. The van der Waals surface area contributed by atoms with E-state index in [0.717, 1.165) is 75.8 Å². The minimum atomic E-state index is -0.167. The predicted molar refractivity (Wildman–Crippen MR) is 115 cm³/mol. The average molecular weight is 429 g/mol. The molecule has 4 heterocycles. The van der Waals surface area contributed by atoms with Gasteiger partial charge in [0.2, 0.25) is 0 Å². The number of rotatable bonds is 2. The molecule has 1 aromatic rings. The Balaban J connectivity index is 1.09. The van der Waals surface area contributed by atoms with E-state index in [4.69, 9.17) is 9.47 Å². The number of likely N-dealkylation sites (tertiary alicyclic amines) is 1. The molecule has 2 atom stereocenters. The quantitative estimate of drug-likeness (QED) is 0.689. The molecule has 2 bridgehead atoms. The molecule has 1 spiro atoms. The van der Waals surface area contributed by atoms with Crippen molar-refractivity contribution in [3.8, 4) is 5.75 Å². The maximum atomic E-state index is 13.9. The monoisotopic (exact) mass is 428 g/mol. The van der Waals surface area contributed by atoms with Crippen LogP contribution in [0, 0.1) is 5.82 Å². The lowest BCUT2D eigenvalue weighted by Crippen LogP contribution is -2.55. The number of hydrogen-bond donors (Lipinski definition) is 0. The number of amides is 1. The lowest BCUT2D eigenvalue weighted by atomic mass is 9.74. The van der Waals surface area contributed by atoms with Crippen molar-refractivity contribution >= 4 is 6.09 Å². The molecular formula is C25H33FN2O3. The van der Waals surface area contributed by atoms with E-state index in [9.17, 15) is 9.18 Å². The molecule has 6 rings (SSSR count). The zero-order valence-electron chi connectivity index (χ0n) is 18.2. The molecule has 5 nitrogen and oxygen atoms in total. The number of carbonyl (C=O) groups excluding carboxylic acids is 1. The first kappa shape index (κ1) is 19.8. The summed E-state index contributed by atoms with van der Waals surface area (Å²) >= 11 is 0. The molecule has 4 fully saturated rings. The fourth-order valence-electron chi connectivity index (χ4n) is 7.02. The molecular weight excluding hydrogens is 395 g/mol. The van der Waals surface area contributed by atoms with E-state index in [1.54, 1.807) is 12.1 Å². The second-order valence-corrected chi connectivity index (χ2v) is 10.5. The van der Waals surface area contributed by atoms with Crippen molar-refractivity contribution in [2.24, 2.45) is 0 Å². The molecule has 31 heavy (non-hydrogen) atoms. The second kappa shape index (κ2) is 7.65. The second-order valence-electron chi connectivity index (χ2n) is 10.5. The van der Waals surface area contributed by atoms with E-state index < -0.39 is 0 Å². The van der Waals surface area contributed by atoms with Crippen LogP contribution < -0.4 is 4.74 Å². The average Bonchev–Trinajstić information content (AvgIpc) is 3.47. The van der Waals surface area contributed by atoms with E-state index in [1.807, 2.05) is 0 Å². The summed E-state index contributed by atoms with van der Waals surface area (Å²) < 4.78 is 25.7. The van der Waals surface area contributed by atoms with Gasteiger partial charge in [0.15, 0.2) is 0 Å². The van der Waals surface area contributed by atoms with Crippen molar-refractivity contribution < 1.29 is 18.7 Å². The molecule has 0 radical (unpaired) electrons. The fraction of sp³-hybridized carbons (Fsp3) is 0.720. The van der Waals surface area contributed by atoms with Crippen molar-refractivity contribution in [2.75, 3.05) is 19.7 Å². The number of benzene rings is 1. The van der Waals surface area contributed by atoms with Gasteiger partial charge in [-0.3, -0.25) is 0 Å². The number of halogens is 1. The van der Waals surface area contributed by atoms with Crippen LogP contribution in [0.1, 0.15) is 69.8 Å². The summed E-state index contributed by atoms with van der Waals surface area (Å²) in [5.41, 5.74) is 1.04. The number of fused-ring (bicyclic) bond motifs is 4. The Bertz CT molecular complexity index is 833. The number of nitrogens with zero attached hydrogens (tertiary/aromatic N) is 2. The summed E-state index contributed by atoms with van der Waals surface area (Å²) in [7, 11) is 0. The van der Waals surface area contributed by atoms with Crippen molar-refractivity contribution in [1.82, 2.24) is 9.80 Å². The van der Waals surface area contributed by atoms with Gasteiger partial charge in [0.05, 0.1) is 6.61 Å². The van der Waals surface area contributed by atoms with E-state index in [0.29, 0.717) is 24.7 Å². The van der Waals surface area contributed by atoms with Crippen LogP contribution in [0.4, 0.5) is 9.18 Å². The first-order chi connectivity index (χ1) is 15.1. The summed E-state index contributed by atoms with van der Waals surface area (Å²) in [6.07, 6.45) is 10.9. The molecule has 0 aromatic heterocycles. The van der Waals surface area contributed by atoms with Crippen molar-refractivity contribution in [3.05, 3.63) is 29.6 Å². The van der Waals surface area contributed by atoms with Gasteiger partial charge in [0, 0.05) is 29.1 Å². The molecule has 1 saturated carbocycles. The van der Waals surface area contributed by atoms with E-state index in [2.05, 4.69) is 9.80 Å². The van der Waals surface area contributed by atoms with Crippen LogP contribution in [0.3, 0.4) is 0 Å². The lowest BCUT2D eigenvalue weighted by molar-refractivity contribution is 0.0110. The normalized spacial score (nSPS) is 32.3. The van der Waals surface area contributed by atoms with Gasteiger partial charge in [-0.1, -0.05) is 0 Å². The fourth-order valence-corrected chi connectivity index (χ4v) is 7.02. The highest BCUT2D eigenvalue weighted by Crippen LogP contribution is 2.47. The van der Waals surface area contributed by atoms with Crippen LogP contribution in [0.15, 0.2) is 18.2 Å². The Hall–Kier alpha value is -1.82. The van der Waals surface area contributed by atoms with Gasteiger partial charge in [-0.2, -0.15) is 0 Å². The predicted octanol–water partition coefficient (Wildman–Crippen LogP) is 4.63. The van der Waals surface area contributed by atoms with Gasteiger partial charge >= 0.3 is 6.09 Å². The molecule has 5 aliphatic rings. The number of carbonyl (C=O) groups is 1. The third-order valence-electron chi connectivity index (χ3n) is 8.78. The molecule has 1 aromatic carbocycles. The van der Waals surface area contributed by atoms with Crippen molar-refractivity contribution in [3.63, 3.8) is 0 Å². The number of hydrogen-bond acceptors (Lipinski definition) is 4. The lowest BCUT2D eigenvalue weighted by Gasteiger charge is -2.47. The highest BCUT2D eigenvalue weighted by molar-refractivity contribution is 5.69. The van der Waals surface area contributed by atoms with Gasteiger partial charge in [0.1, 0.15) is 17.7 Å². The largest absolute Gasteiger partial charge is 0.492 e. The van der Waals surface area contributed by atoms with Gasteiger partial charge in [-0.05, 0) is 95.5 Å². The highest BCUT2D eigenvalue weighted by Gasteiger charge is 2.49. The standard InChI is InChI=1S/C25H33FN2O3/c26-17-5-8-23-22(13-17)25(16-30-23)9-11-27(12-10-25)20-14-18-6-7-19(15-20)28(18)24(29)31-21-3-1-2-4-21/h5,8,13,18-21H,1-4,6-7,9-12,14-16H2. The summed E-state index contributed by atoms with van der Waals surface area (Å²) in [5, 5.41) is 0. The zero-order valence-corrected chi connectivity index (χ0v) is 18.2. The maximum absolute atomic E-state index is 13.9. The van der Waals surface area contributed by atoms with Crippen LogP contribution in [0.25, 0.3) is 0 Å². The molecule has 2 unspecified atom stereocenters. The Morgan fingerprint density at radius 3 is 2.45 bits per heavy atom. The van der Waals surface area contributed by atoms with Crippen molar-refractivity contribution in [2.45, 2.75) is 93.9 Å². The SMILES string of the molecule is O=C(OC1CCCC1)N1C2CCC1CC(N1CCC3(CC1)COc1ccc(F)cc13)C2. The number of ether oxygens (including phenoxy) is 2. The van der Waals surface area contributed by atoms with Crippen LogP contribution >= 0.6 is 0 Å². The molecule has 4 aliphatic heterocycles. The molecule has 168 valence electrons. The van der Waals surface area contributed by atoms with Gasteiger partial charge in [-0.15, -0.1) is 0 Å². The topological polar surface area (TPSA) is 42.0 Å². The summed E-state index contributed by atoms with van der Waals surface area (Å²) in [6, 6.07) is 6.17. The number of piperidine rings is 2. The summed E-state index contributed by atoms with van der Waals surface area (Å²) in [6.45, 7) is 2.72. The first-order valence-corrected chi connectivity index (χ1v) is 12.3. The first-order valence-electron chi connectivity index (χ1n) is 12.3. The van der Waals surface area contributed by atoms with Gasteiger partial charge < -0.3 is 19.3 Å². The van der Waals surface area contributed by atoms with E-state index in [1.165, 1.54) is 18.9 Å². The van der Waals surface area contributed by atoms with E-state index >= 15 is 0 Å². The van der Waals surface area contributed by atoms with Crippen molar-refractivity contribution in [1.29, 1.82) is 0 Å². The van der Waals surface area contributed by atoms with Gasteiger partial charge in [0.25, 0.3) is 0 Å². The molecule has 0 N–H and O–H groups in total. The summed E-state index contributed by atoms with van der Waals surface area (Å²) in [4.78, 5) is 17.6. The minimum absolute atomic E-state index is 0.0291. The van der Waals surface area contributed by atoms with Crippen LogP contribution in [0.5, 0.6) is 5.75 Å². The highest BCUT2D eigenvalue weighted by atomic mass is 19.1. The van der Waals surface area contributed by atoms with E-state index in [-0.39, 0.29) is 23.4 Å². The molecule has 6 heteroatoms. The molecule has 1 aliphatic carbocycles. The smallest absolute Gasteiger partial charge is 0.410 e. The third kappa shape index (κ3) is 3.42. The van der Waals surface area contributed by atoms with Crippen LogP contribution in [-0.4, -0.2) is 59.8 Å². The maximum Gasteiger partial charge on any atom is 0.410 e. The van der Waals surface area contributed by atoms with Crippen LogP contribution in [0.2, 0.25) is 0 Å². The Morgan fingerprint density at radius 2 is 1.74 bits per heavy atom. The Morgan fingerprint density at radius 1 is 1.03 bits per heavy atom. The van der Waals surface area contributed by atoms with Gasteiger partial charge in [-0.25, -0.2) is 9.18 Å². The Kier molecular flexibility index (Phi) is 4.89. The zero-order chi connectivity index (χ0) is 21.0. The summed E-state index contributed by atoms with van der Waals surface area (Å²) in [5.74, 6) is 0.696. The Labute approximate surface area is 183 Å². The third-order valence-corrected chi connectivity index (χ3v) is 8.78. The van der Waals surface area contributed by atoms with Crippen LogP contribution in [-0.2, 0) is 10.2 Å². The molecule has 1 amide bonds.